The summed E-state index contributed by atoms with van der Waals surface area (Å²) in [6.07, 6.45) is 3.27. The Morgan fingerprint density at radius 1 is 1.18 bits per heavy atom. The van der Waals surface area contributed by atoms with Gasteiger partial charge in [-0.3, -0.25) is 8.75 Å². The highest BCUT2D eigenvalue weighted by molar-refractivity contribution is 7.13. The predicted molar refractivity (Wildman–Crippen MR) is 69.6 cm³/mol. The van der Waals surface area contributed by atoms with E-state index in [1.807, 2.05) is 28.2 Å². The SMILES string of the molecule is O=c1c2ccccc2sn1C1CCC(O)CC1. The van der Waals surface area contributed by atoms with Crippen LogP contribution in [-0.4, -0.2) is 15.2 Å². The van der Waals surface area contributed by atoms with Gasteiger partial charge in [0, 0.05) is 6.04 Å². The lowest BCUT2D eigenvalue weighted by Crippen LogP contribution is -2.25. The van der Waals surface area contributed by atoms with Crippen LogP contribution in [0.2, 0.25) is 0 Å². The van der Waals surface area contributed by atoms with E-state index in [0.29, 0.717) is 0 Å². The van der Waals surface area contributed by atoms with Crippen LogP contribution < -0.4 is 5.56 Å². The van der Waals surface area contributed by atoms with E-state index in [1.54, 1.807) is 11.5 Å². The standard InChI is InChI=1S/C13H15NO2S/c15-10-7-5-9(6-8-10)14-13(16)11-3-1-2-4-12(11)17-14/h1-4,9-10,15H,5-8H2. The fourth-order valence-corrected chi connectivity index (χ4v) is 3.67. The molecule has 17 heavy (non-hydrogen) atoms. The van der Waals surface area contributed by atoms with Crippen molar-refractivity contribution in [1.82, 2.24) is 3.96 Å². The van der Waals surface area contributed by atoms with E-state index in [1.165, 1.54) is 0 Å². The minimum absolute atomic E-state index is 0.131. The van der Waals surface area contributed by atoms with Gasteiger partial charge in [0.1, 0.15) is 0 Å². The largest absolute Gasteiger partial charge is 0.393 e. The Morgan fingerprint density at radius 2 is 1.88 bits per heavy atom. The molecule has 0 aliphatic heterocycles. The Kier molecular flexibility index (Phi) is 2.76. The lowest BCUT2D eigenvalue weighted by atomic mass is 9.93. The number of rotatable bonds is 1. The van der Waals surface area contributed by atoms with Crippen molar-refractivity contribution in [2.45, 2.75) is 37.8 Å². The summed E-state index contributed by atoms with van der Waals surface area (Å²) in [6.45, 7) is 0. The predicted octanol–water partition coefficient (Wildman–Crippen LogP) is 2.54. The maximum Gasteiger partial charge on any atom is 0.268 e. The van der Waals surface area contributed by atoms with Crippen LogP contribution in [0.15, 0.2) is 29.1 Å². The van der Waals surface area contributed by atoms with Crippen LogP contribution in [0.4, 0.5) is 0 Å². The molecule has 1 saturated carbocycles. The Bertz CT molecular complexity index is 578. The molecule has 1 heterocycles. The molecule has 1 aliphatic carbocycles. The zero-order valence-electron chi connectivity index (χ0n) is 9.50. The van der Waals surface area contributed by atoms with Crippen molar-refractivity contribution in [2.75, 3.05) is 0 Å². The first-order valence-corrected chi connectivity index (χ1v) is 6.81. The number of hydrogen-bond donors (Lipinski definition) is 1. The molecule has 0 bridgehead atoms. The molecule has 1 aliphatic rings. The second-order valence-electron chi connectivity index (χ2n) is 4.68. The van der Waals surface area contributed by atoms with Crippen molar-refractivity contribution in [3.8, 4) is 0 Å². The Balaban J connectivity index is 2.00. The molecule has 4 heteroatoms. The molecule has 0 radical (unpaired) electrons. The average molecular weight is 249 g/mol. The van der Waals surface area contributed by atoms with Crippen molar-refractivity contribution in [1.29, 1.82) is 0 Å². The second kappa shape index (κ2) is 4.27. The Hall–Kier alpha value is -1.13. The number of aliphatic hydroxyl groups is 1. The molecule has 0 spiro atoms. The van der Waals surface area contributed by atoms with Crippen molar-refractivity contribution >= 4 is 21.6 Å². The molecule has 1 fully saturated rings. The van der Waals surface area contributed by atoms with Gasteiger partial charge < -0.3 is 5.11 Å². The van der Waals surface area contributed by atoms with Crippen LogP contribution in [0, 0.1) is 0 Å². The normalized spacial score (nSPS) is 25.2. The number of nitrogens with zero attached hydrogens (tertiary/aromatic N) is 1. The van der Waals surface area contributed by atoms with Crippen LogP contribution in [-0.2, 0) is 0 Å². The van der Waals surface area contributed by atoms with Crippen molar-refractivity contribution in [3.05, 3.63) is 34.6 Å². The number of fused-ring (bicyclic) bond motifs is 1. The molecule has 2 aromatic rings. The third kappa shape index (κ3) is 1.91. The summed E-state index contributed by atoms with van der Waals surface area (Å²) in [7, 11) is 0. The third-order valence-electron chi connectivity index (χ3n) is 3.51. The van der Waals surface area contributed by atoms with E-state index < -0.39 is 0 Å². The van der Waals surface area contributed by atoms with Crippen LogP contribution in [0.25, 0.3) is 10.1 Å². The fourth-order valence-electron chi connectivity index (χ4n) is 2.52. The molecule has 3 rings (SSSR count). The van der Waals surface area contributed by atoms with Crippen molar-refractivity contribution < 1.29 is 5.11 Å². The molecule has 0 amide bonds. The van der Waals surface area contributed by atoms with Gasteiger partial charge in [-0.25, -0.2) is 0 Å². The van der Waals surface area contributed by atoms with Gasteiger partial charge in [0.25, 0.3) is 5.56 Å². The maximum atomic E-state index is 12.2. The summed E-state index contributed by atoms with van der Waals surface area (Å²) < 4.78 is 2.96. The minimum Gasteiger partial charge on any atom is -0.393 e. The van der Waals surface area contributed by atoms with E-state index in [2.05, 4.69) is 0 Å². The van der Waals surface area contributed by atoms with E-state index in [0.717, 1.165) is 35.8 Å². The zero-order chi connectivity index (χ0) is 11.8. The van der Waals surface area contributed by atoms with Gasteiger partial charge in [-0.15, -0.1) is 0 Å². The number of benzene rings is 1. The van der Waals surface area contributed by atoms with Crippen molar-refractivity contribution in [2.24, 2.45) is 0 Å². The molecule has 0 unspecified atom stereocenters. The molecule has 1 N–H and O–H groups in total. The minimum atomic E-state index is -0.170. The van der Waals surface area contributed by atoms with E-state index >= 15 is 0 Å². The molecule has 1 aromatic carbocycles. The third-order valence-corrected chi connectivity index (χ3v) is 4.73. The van der Waals surface area contributed by atoms with Crippen LogP contribution >= 0.6 is 11.5 Å². The summed E-state index contributed by atoms with van der Waals surface area (Å²) in [6, 6.07) is 8.04. The zero-order valence-corrected chi connectivity index (χ0v) is 10.3. The van der Waals surface area contributed by atoms with E-state index in [4.69, 9.17) is 0 Å². The molecule has 3 nitrogen and oxygen atoms in total. The molecule has 0 atom stereocenters. The summed E-state index contributed by atoms with van der Waals surface area (Å²) >= 11 is 1.55. The highest BCUT2D eigenvalue weighted by Gasteiger charge is 2.23. The lowest BCUT2D eigenvalue weighted by molar-refractivity contribution is 0.112. The molecule has 1 aromatic heterocycles. The van der Waals surface area contributed by atoms with E-state index in [9.17, 15) is 9.90 Å². The highest BCUT2D eigenvalue weighted by Crippen LogP contribution is 2.30. The Morgan fingerprint density at radius 3 is 2.59 bits per heavy atom. The first-order chi connectivity index (χ1) is 8.25. The highest BCUT2D eigenvalue weighted by atomic mass is 32.1. The van der Waals surface area contributed by atoms with Gasteiger partial charge in [0.15, 0.2) is 0 Å². The monoisotopic (exact) mass is 249 g/mol. The van der Waals surface area contributed by atoms with Gasteiger partial charge >= 0.3 is 0 Å². The topological polar surface area (TPSA) is 42.2 Å². The van der Waals surface area contributed by atoms with Gasteiger partial charge in [-0.05, 0) is 37.8 Å². The van der Waals surface area contributed by atoms with Gasteiger partial charge in [0.2, 0.25) is 0 Å². The molecule has 90 valence electrons. The molecular formula is C13H15NO2S. The van der Waals surface area contributed by atoms with Gasteiger partial charge in [0.05, 0.1) is 16.2 Å². The van der Waals surface area contributed by atoms with Gasteiger partial charge in [-0.2, -0.15) is 0 Å². The number of aliphatic hydroxyl groups excluding tert-OH is 1. The van der Waals surface area contributed by atoms with Crippen LogP contribution in [0.5, 0.6) is 0 Å². The average Bonchev–Trinajstić information content (AvgIpc) is 2.69. The Labute approximate surface area is 103 Å². The summed E-state index contributed by atoms with van der Waals surface area (Å²) in [5, 5.41) is 10.3. The lowest BCUT2D eigenvalue weighted by Gasteiger charge is -2.25. The molecular weight excluding hydrogens is 234 g/mol. The summed E-state index contributed by atoms with van der Waals surface area (Å²) in [5.74, 6) is 0. The number of aromatic nitrogens is 1. The quantitative estimate of drug-likeness (QED) is 0.844. The fraction of sp³-hybridized carbons (Fsp3) is 0.462. The first kappa shape index (κ1) is 11.0. The van der Waals surface area contributed by atoms with E-state index in [-0.39, 0.29) is 17.7 Å². The van der Waals surface area contributed by atoms with Crippen molar-refractivity contribution in [3.63, 3.8) is 0 Å². The first-order valence-electron chi connectivity index (χ1n) is 6.04. The smallest absolute Gasteiger partial charge is 0.268 e. The molecule has 0 saturated heterocycles. The van der Waals surface area contributed by atoms with Crippen LogP contribution in [0.3, 0.4) is 0 Å². The summed E-state index contributed by atoms with van der Waals surface area (Å²) in [5.41, 5.74) is 0.131. The maximum absolute atomic E-state index is 12.2. The summed E-state index contributed by atoms with van der Waals surface area (Å²) in [4.78, 5) is 12.2. The second-order valence-corrected chi connectivity index (χ2v) is 5.70. The number of hydrogen-bond acceptors (Lipinski definition) is 3. The van der Waals surface area contributed by atoms with Gasteiger partial charge in [-0.1, -0.05) is 23.7 Å². The van der Waals surface area contributed by atoms with Crippen LogP contribution in [0.1, 0.15) is 31.7 Å².